The molecule has 3 rings (SSSR count). The summed E-state index contributed by atoms with van der Waals surface area (Å²) >= 11 is 0. The van der Waals surface area contributed by atoms with E-state index >= 15 is 0 Å². The van der Waals surface area contributed by atoms with Crippen LogP contribution in [0.3, 0.4) is 0 Å². The van der Waals surface area contributed by atoms with E-state index in [9.17, 15) is 4.79 Å². The van der Waals surface area contributed by atoms with Crippen LogP contribution in [-0.4, -0.2) is 36.0 Å². The number of hydrogen-bond acceptors (Lipinski definition) is 2. The standard InChI is InChI=1S/C18H26N2O/c1-13-14(2)20(11-10-19-13)18(21)12-16-8-5-7-15-6-3-4-9-17(15)16/h3-4,6,9,13-14,16,19H,5,7-8,10-12H2,1-2H3. The Morgan fingerprint density at radius 1 is 1.33 bits per heavy atom. The van der Waals surface area contributed by atoms with Crippen molar-refractivity contribution in [2.75, 3.05) is 13.1 Å². The normalized spacial score (nSPS) is 29.0. The molecule has 3 heteroatoms. The topological polar surface area (TPSA) is 32.3 Å². The fourth-order valence-electron chi connectivity index (χ4n) is 3.80. The summed E-state index contributed by atoms with van der Waals surface area (Å²) < 4.78 is 0. The molecule has 1 aromatic rings. The number of amides is 1. The molecule has 1 aliphatic carbocycles. The van der Waals surface area contributed by atoms with Crippen LogP contribution >= 0.6 is 0 Å². The van der Waals surface area contributed by atoms with Gasteiger partial charge in [0.15, 0.2) is 0 Å². The summed E-state index contributed by atoms with van der Waals surface area (Å²) in [6, 6.07) is 9.35. The Morgan fingerprint density at radius 2 is 2.14 bits per heavy atom. The monoisotopic (exact) mass is 286 g/mol. The van der Waals surface area contributed by atoms with E-state index in [4.69, 9.17) is 0 Å². The van der Waals surface area contributed by atoms with Gasteiger partial charge in [-0.25, -0.2) is 0 Å². The highest BCUT2D eigenvalue weighted by atomic mass is 16.2. The third-order valence-corrected chi connectivity index (χ3v) is 5.27. The summed E-state index contributed by atoms with van der Waals surface area (Å²) in [4.78, 5) is 14.8. The van der Waals surface area contributed by atoms with Gasteiger partial charge in [-0.15, -0.1) is 0 Å². The molecular weight excluding hydrogens is 260 g/mol. The summed E-state index contributed by atoms with van der Waals surface area (Å²) in [7, 11) is 0. The first-order valence-corrected chi connectivity index (χ1v) is 8.27. The van der Waals surface area contributed by atoms with E-state index in [-0.39, 0.29) is 0 Å². The van der Waals surface area contributed by atoms with E-state index < -0.39 is 0 Å². The van der Waals surface area contributed by atoms with Crippen molar-refractivity contribution in [1.82, 2.24) is 10.2 Å². The molecule has 0 spiro atoms. The van der Waals surface area contributed by atoms with E-state index in [1.807, 2.05) is 0 Å². The number of carbonyl (C=O) groups is 1. The quantitative estimate of drug-likeness (QED) is 0.906. The lowest BCUT2D eigenvalue weighted by Gasteiger charge is -2.39. The Balaban J connectivity index is 1.71. The molecule has 0 saturated carbocycles. The van der Waals surface area contributed by atoms with Crippen molar-refractivity contribution in [2.24, 2.45) is 0 Å². The molecule has 0 aromatic heterocycles. The van der Waals surface area contributed by atoms with Gasteiger partial charge in [-0.2, -0.15) is 0 Å². The SMILES string of the molecule is CC1NCCN(C(=O)CC2CCCc3ccccc32)C1C. The Morgan fingerprint density at radius 3 is 3.00 bits per heavy atom. The number of nitrogens with one attached hydrogen (secondary N) is 1. The lowest BCUT2D eigenvalue weighted by atomic mass is 9.81. The van der Waals surface area contributed by atoms with Crippen LogP contribution in [0.15, 0.2) is 24.3 Å². The second-order valence-electron chi connectivity index (χ2n) is 6.56. The zero-order valence-corrected chi connectivity index (χ0v) is 13.1. The van der Waals surface area contributed by atoms with Crippen LogP contribution in [0.25, 0.3) is 0 Å². The minimum Gasteiger partial charge on any atom is -0.337 e. The van der Waals surface area contributed by atoms with Gasteiger partial charge < -0.3 is 10.2 Å². The van der Waals surface area contributed by atoms with Crippen molar-refractivity contribution in [3.05, 3.63) is 35.4 Å². The van der Waals surface area contributed by atoms with Gasteiger partial charge >= 0.3 is 0 Å². The first kappa shape index (κ1) is 14.6. The molecule has 1 saturated heterocycles. The summed E-state index contributed by atoms with van der Waals surface area (Å²) in [5, 5.41) is 3.44. The maximum Gasteiger partial charge on any atom is 0.223 e. The summed E-state index contributed by atoms with van der Waals surface area (Å²) in [6.07, 6.45) is 4.21. The molecule has 3 nitrogen and oxygen atoms in total. The molecule has 0 radical (unpaired) electrons. The van der Waals surface area contributed by atoms with Crippen molar-refractivity contribution in [2.45, 2.75) is 57.5 Å². The van der Waals surface area contributed by atoms with E-state index in [2.05, 4.69) is 48.3 Å². The predicted molar refractivity (Wildman–Crippen MR) is 85.4 cm³/mol. The number of carbonyl (C=O) groups excluding carboxylic acids is 1. The highest BCUT2D eigenvalue weighted by Gasteiger charge is 2.30. The lowest BCUT2D eigenvalue weighted by molar-refractivity contribution is -0.135. The largest absolute Gasteiger partial charge is 0.337 e. The number of rotatable bonds is 2. The van der Waals surface area contributed by atoms with Crippen LogP contribution < -0.4 is 5.32 Å². The van der Waals surface area contributed by atoms with Crippen LogP contribution in [0.1, 0.15) is 50.2 Å². The molecule has 3 unspecified atom stereocenters. The molecule has 2 aliphatic rings. The third-order valence-electron chi connectivity index (χ3n) is 5.27. The Kier molecular flexibility index (Phi) is 4.29. The van der Waals surface area contributed by atoms with Crippen LogP contribution in [-0.2, 0) is 11.2 Å². The predicted octanol–water partition coefficient (Wildman–Crippen LogP) is 2.71. The minimum absolute atomic E-state index is 0.296. The molecule has 1 heterocycles. The zero-order chi connectivity index (χ0) is 14.8. The number of hydrogen-bond donors (Lipinski definition) is 1. The zero-order valence-electron chi connectivity index (χ0n) is 13.1. The number of benzene rings is 1. The maximum atomic E-state index is 12.7. The Hall–Kier alpha value is -1.35. The molecule has 1 N–H and O–H groups in total. The smallest absolute Gasteiger partial charge is 0.223 e. The Bertz CT molecular complexity index is 514. The average Bonchev–Trinajstić information content (AvgIpc) is 2.50. The van der Waals surface area contributed by atoms with E-state index in [0.717, 1.165) is 19.5 Å². The van der Waals surface area contributed by atoms with Gasteiger partial charge in [-0.1, -0.05) is 24.3 Å². The molecule has 21 heavy (non-hydrogen) atoms. The molecule has 0 bridgehead atoms. The molecule has 3 atom stereocenters. The fraction of sp³-hybridized carbons (Fsp3) is 0.611. The number of piperazine rings is 1. The van der Waals surface area contributed by atoms with Gasteiger partial charge in [0.2, 0.25) is 5.91 Å². The lowest BCUT2D eigenvalue weighted by Crippen LogP contribution is -2.57. The molecule has 114 valence electrons. The van der Waals surface area contributed by atoms with E-state index in [1.54, 1.807) is 0 Å². The molecule has 1 aromatic carbocycles. The fourth-order valence-corrected chi connectivity index (χ4v) is 3.80. The van der Waals surface area contributed by atoms with E-state index in [1.165, 1.54) is 24.0 Å². The Labute approximate surface area is 127 Å². The van der Waals surface area contributed by atoms with Gasteiger partial charge in [0.25, 0.3) is 0 Å². The highest BCUT2D eigenvalue weighted by molar-refractivity contribution is 5.78. The number of aryl methyl sites for hydroxylation is 1. The van der Waals surface area contributed by atoms with Gasteiger partial charge in [-0.05, 0) is 50.2 Å². The first-order chi connectivity index (χ1) is 10.2. The molecule has 1 amide bonds. The minimum atomic E-state index is 0.296. The maximum absolute atomic E-state index is 12.7. The van der Waals surface area contributed by atoms with Crippen molar-refractivity contribution in [3.63, 3.8) is 0 Å². The van der Waals surface area contributed by atoms with Crippen LogP contribution in [0, 0.1) is 0 Å². The second-order valence-corrected chi connectivity index (χ2v) is 6.56. The molecular formula is C18H26N2O. The van der Waals surface area contributed by atoms with Gasteiger partial charge in [0.05, 0.1) is 0 Å². The van der Waals surface area contributed by atoms with Crippen molar-refractivity contribution in [3.8, 4) is 0 Å². The van der Waals surface area contributed by atoms with Crippen LogP contribution in [0.2, 0.25) is 0 Å². The average molecular weight is 286 g/mol. The number of fused-ring (bicyclic) bond motifs is 1. The molecule has 1 aliphatic heterocycles. The van der Waals surface area contributed by atoms with E-state index in [0.29, 0.717) is 30.3 Å². The van der Waals surface area contributed by atoms with Crippen molar-refractivity contribution < 1.29 is 4.79 Å². The number of nitrogens with zero attached hydrogens (tertiary/aromatic N) is 1. The van der Waals surface area contributed by atoms with Crippen LogP contribution in [0.4, 0.5) is 0 Å². The third kappa shape index (κ3) is 2.98. The second kappa shape index (κ2) is 6.18. The summed E-state index contributed by atoms with van der Waals surface area (Å²) in [6.45, 7) is 6.08. The van der Waals surface area contributed by atoms with Gasteiger partial charge in [0, 0.05) is 31.6 Å². The molecule has 1 fully saturated rings. The van der Waals surface area contributed by atoms with Crippen molar-refractivity contribution >= 4 is 5.91 Å². The van der Waals surface area contributed by atoms with Gasteiger partial charge in [-0.3, -0.25) is 4.79 Å². The van der Waals surface area contributed by atoms with Crippen molar-refractivity contribution in [1.29, 1.82) is 0 Å². The summed E-state index contributed by atoms with van der Waals surface area (Å²) in [5.74, 6) is 0.748. The van der Waals surface area contributed by atoms with Gasteiger partial charge in [0.1, 0.15) is 0 Å². The highest BCUT2D eigenvalue weighted by Crippen LogP contribution is 2.34. The summed E-state index contributed by atoms with van der Waals surface area (Å²) in [5.41, 5.74) is 2.86. The first-order valence-electron chi connectivity index (χ1n) is 8.27. The van der Waals surface area contributed by atoms with Crippen LogP contribution in [0.5, 0.6) is 0 Å².